The first-order valence-corrected chi connectivity index (χ1v) is 10.1. The molecular weight excluding hydrogens is 398 g/mol. The Morgan fingerprint density at radius 2 is 1.42 bits per heavy atom. The minimum absolute atomic E-state index is 0.0375. The Balaban J connectivity index is 1.44. The largest absolute Gasteiger partial charge is 0.375 e. The lowest BCUT2D eigenvalue weighted by atomic mass is 10.2. The first-order chi connectivity index (χ1) is 15.0. The first-order valence-electron chi connectivity index (χ1n) is 10.1. The third-order valence-electron chi connectivity index (χ3n) is 4.76. The molecule has 2 aromatic rings. The van der Waals surface area contributed by atoms with E-state index in [4.69, 9.17) is 4.74 Å². The van der Waals surface area contributed by atoms with Crippen molar-refractivity contribution >= 4 is 34.9 Å². The van der Waals surface area contributed by atoms with Gasteiger partial charge in [0.1, 0.15) is 6.61 Å². The Hall–Kier alpha value is -3.43. The van der Waals surface area contributed by atoms with Gasteiger partial charge in [0.05, 0.1) is 6.54 Å². The lowest BCUT2D eigenvalue weighted by molar-refractivity contribution is -0.119. The quantitative estimate of drug-likeness (QED) is 0.630. The van der Waals surface area contributed by atoms with Crippen LogP contribution < -0.4 is 16.0 Å². The van der Waals surface area contributed by atoms with E-state index < -0.39 is 0 Å². The summed E-state index contributed by atoms with van der Waals surface area (Å²) >= 11 is 0. The SMILES string of the molecule is COCC(=O)Nc1cccc(NC(=O)N2CCN(CC(=O)Nc3ccccc3)CC2)c1. The number of hydrogen-bond donors (Lipinski definition) is 3. The number of hydrogen-bond acceptors (Lipinski definition) is 5. The predicted octanol–water partition coefficient (Wildman–Crippen LogP) is 2.06. The van der Waals surface area contributed by atoms with Crippen LogP contribution in [0.1, 0.15) is 0 Å². The summed E-state index contributed by atoms with van der Waals surface area (Å²) in [4.78, 5) is 40.2. The first kappa shape index (κ1) is 22.3. The third kappa shape index (κ3) is 7.09. The van der Waals surface area contributed by atoms with E-state index in [1.807, 2.05) is 35.2 Å². The molecule has 0 aliphatic carbocycles. The number of rotatable bonds is 7. The number of nitrogens with one attached hydrogen (secondary N) is 3. The summed E-state index contributed by atoms with van der Waals surface area (Å²) in [6, 6.07) is 16.1. The molecule has 1 fully saturated rings. The Morgan fingerprint density at radius 1 is 0.806 bits per heavy atom. The zero-order chi connectivity index (χ0) is 22.1. The van der Waals surface area contributed by atoms with Gasteiger partial charge in [0.2, 0.25) is 11.8 Å². The Kier molecular flexibility index (Phi) is 7.97. The van der Waals surface area contributed by atoms with Crippen LogP contribution in [0.25, 0.3) is 0 Å². The van der Waals surface area contributed by atoms with Crippen molar-refractivity contribution in [2.45, 2.75) is 0 Å². The monoisotopic (exact) mass is 425 g/mol. The second-order valence-electron chi connectivity index (χ2n) is 7.17. The van der Waals surface area contributed by atoms with Gasteiger partial charge in [-0.3, -0.25) is 14.5 Å². The van der Waals surface area contributed by atoms with Gasteiger partial charge in [-0.2, -0.15) is 0 Å². The van der Waals surface area contributed by atoms with Crippen molar-refractivity contribution in [3.63, 3.8) is 0 Å². The molecule has 0 saturated carbocycles. The molecule has 1 aliphatic rings. The maximum absolute atomic E-state index is 12.6. The van der Waals surface area contributed by atoms with Crippen molar-refractivity contribution in [3.05, 3.63) is 54.6 Å². The summed E-state index contributed by atoms with van der Waals surface area (Å²) in [5, 5.41) is 8.43. The number of carbonyl (C=O) groups is 3. The van der Waals surface area contributed by atoms with Gasteiger partial charge in [-0.05, 0) is 30.3 Å². The minimum atomic E-state index is -0.265. The molecule has 0 atom stereocenters. The lowest BCUT2D eigenvalue weighted by Crippen LogP contribution is -2.51. The number of carbonyl (C=O) groups excluding carboxylic acids is 3. The van der Waals surface area contributed by atoms with E-state index in [1.165, 1.54) is 7.11 Å². The third-order valence-corrected chi connectivity index (χ3v) is 4.76. The highest BCUT2D eigenvalue weighted by Gasteiger charge is 2.22. The summed E-state index contributed by atoms with van der Waals surface area (Å²) in [6.07, 6.45) is 0. The van der Waals surface area contributed by atoms with Gasteiger partial charge in [0.15, 0.2) is 0 Å². The molecule has 0 radical (unpaired) electrons. The summed E-state index contributed by atoms with van der Waals surface area (Å²) in [5.41, 5.74) is 1.94. The molecule has 31 heavy (non-hydrogen) atoms. The fourth-order valence-corrected chi connectivity index (χ4v) is 3.24. The highest BCUT2D eigenvalue weighted by atomic mass is 16.5. The molecule has 1 saturated heterocycles. The van der Waals surface area contributed by atoms with Gasteiger partial charge in [0.25, 0.3) is 0 Å². The fraction of sp³-hybridized carbons (Fsp3) is 0.318. The van der Waals surface area contributed by atoms with Crippen LogP contribution in [0.4, 0.5) is 21.9 Å². The molecule has 0 unspecified atom stereocenters. The molecule has 2 aromatic carbocycles. The van der Waals surface area contributed by atoms with Crippen molar-refractivity contribution in [2.75, 3.05) is 62.4 Å². The highest BCUT2D eigenvalue weighted by molar-refractivity contribution is 5.94. The molecule has 3 N–H and O–H groups in total. The van der Waals surface area contributed by atoms with E-state index in [9.17, 15) is 14.4 Å². The van der Waals surface area contributed by atoms with Crippen LogP contribution in [0.5, 0.6) is 0 Å². The van der Waals surface area contributed by atoms with E-state index in [1.54, 1.807) is 29.2 Å². The Bertz CT molecular complexity index is 898. The molecular formula is C22H27N5O4. The van der Waals surface area contributed by atoms with Crippen LogP contribution in [-0.2, 0) is 14.3 Å². The smallest absolute Gasteiger partial charge is 0.321 e. The van der Waals surface area contributed by atoms with Crippen molar-refractivity contribution in [2.24, 2.45) is 0 Å². The molecule has 164 valence electrons. The van der Waals surface area contributed by atoms with Crippen LogP contribution in [0.3, 0.4) is 0 Å². The number of benzene rings is 2. The molecule has 0 aromatic heterocycles. The van der Waals surface area contributed by atoms with Crippen LogP contribution in [-0.4, -0.2) is 74.1 Å². The average Bonchev–Trinajstić information content (AvgIpc) is 2.75. The van der Waals surface area contributed by atoms with Crippen LogP contribution in [0, 0.1) is 0 Å². The average molecular weight is 425 g/mol. The number of anilines is 3. The molecule has 0 bridgehead atoms. The number of para-hydroxylation sites is 1. The maximum atomic E-state index is 12.6. The number of amides is 4. The van der Waals surface area contributed by atoms with E-state index in [-0.39, 0.29) is 31.0 Å². The highest BCUT2D eigenvalue weighted by Crippen LogP contribution is 2.16. The van der Waals surface area contributed by atoms with E-state index in [2.05, 4.69) is 16.0 Å². The van der Waals surface area contributed by atoms with Gasteiger partial charge < -0.3 is 25.6 Å². The van der Waals surface area contributed by atoms with Crippen molar-refractivity contribution in [1.82, 2.24) is 9.80 Å². The summed E-state index contributed by atoms with van der Waals surface area (Å²) in [5.74, 6) is -0.338. The molecule has 9 heteroatoms. The van der Waals surface area contributed by atoms with Gasteiger partial charge in [0, 0.05) is 50.4 Å². The van der Waals surface area contributed by atoms with Gasteiger partial charge in [-0.1, -0.05) is 24.3 Å². The van der Waals surface area contributed by atoms with Gasteiger partial charge in [-0.25, -0.2) is 4.79 Å². The molecule has 1 aliphatic heterocycles. The van der Waals surface area contributed by atoms with Crippen molar-refractivity contribution < 1.29 is 19.1 Å². The van der Waals surface area contributed by atoms with Crippen molar-refractivity contribution in [1.29, 1.82) is 0 Å². The second-order valence-corrected chi connectivity index (χ2v) is 7.17. The fourth-order valence-electron chi connectivity index (χ4n) is 3.24. The van der Waals surface area contributed by atoms with E-state index >= 15 is 0 Å². The van der Waals surface area contributed by atoms with Crippen LogP contribution >= 0.6 is 0 Å². The zero-order valence-corrected chi connectivity index (χ0v) is 17.5. The van der Waals surface area contributed by atoms with E-state index in [0.717, 1.165) is 5.69 Å². The van der Waals surface area contributed by atoms with Crippen LogP contribution in [0.2, 0.25) is 0 Å². The number of methoxy groups -OCH3 is 1. The van der Waals surface area contributed by atoms with E-state index in [0.29, 0.717) is 37.6 Å². The normalized spacial score (nSPS) is 14.0. The summed E-state index contributed by atoms with van der Waals surface area (Å²) in [7, 11) is 1.45. The minimum Gasteiger partial charge on any atom is -0.375 e. The Morgan fingerprint density at radius 3 is 2.10 bits per heavy atom. The van der Waals surface area contributed by atoms with Crippen molar-refractivity contribution in [3.8, 4) is 0 Å². The number of ether oxygens (including phenoxy) is 1. The van der Waals surface area contributed by atoms with Gasteiger partial charge in [-0.15, -0.1) is 0 Å². The molecule has 1 heterocycles. The number of urea groups is 1. The second kappa shape index (κ2) is 11.1. The van der Waals surface area contributed by atoms with Crippen LogP contribution in [0.15, 0.2) is 54.6 Å². The molecule has 9 nitrogen and oxygen atoms in total. The zero-order valence-electron chi connectivity index (χ0n) is 17.5. The molecule has 3 rings (SSSR count). The maximum Gasteiger partial charge on any atom is 0.321 e. The topological polar surface area (TPSA) is 103 Å². The Labute approximate surface area is 181 Å². The number of nitrogens with zero attached hydrogens (tertiary/aromatic N) is 2. The molecule has 4 amide bonds. The molecule has 0 spiro atoms. The predicted molar refractivity (Wildman–Crippen MR) is 119 cm³/mol. The van der Waals surface area contributed by atoms with Gasteiger partial charge >= 0.3 is 6.03 Å². The standard InChI is InChI=1S/C22H27N5O4/c1-31-16-21(29)24-18-8-5-9-19(14-18)25-22(30)27-12-10-26(11-13-27)15-20(28)23-17-6-3-2-4-7-17/h2-9,14H,10-13,15-16H2,1H3,(H,23,28)(H,24,29)(H,25,30). The summed E-state index contributed by atoms with van der Waals surface area (Å²) < 4.78 is 4.79. The summed E-state index contributed by atoms with van der Waals surface area (Å²) in [6.45, 7) is 2.52. The lowest BCUT2D eigenvalue weighted by Gasteiger charge is -2.34. The number of piperazine rings is 1.